The molecule has 3 aromatic rings. The summed E-state index contributed by atoms with van der Waals surface area (Å²) in [6.45, 7) is 2.60. The van der Waals surface area contributed by atoms with Crippen molar-refractivity contribution < 1.29 is 9.21 Å². The maximum atomic E-state index is 12.0. The third-order valence-electron chi connectivity index (χ3n) is 4.37. The number of carbonyl (C=O) groups excluding carboxylic acids is 1. The van der Waals surface area contributed by atoms with Crippen LogP contribution in [0.5, 0.6) is 0 Å². The van der Waals surface area contributed by atoms with E-state index in [1.54, 1.807) is 12.4 Å². The number of carbonyl (C=O) groups is 1. The first-order chi connectivity index (χ1) is 11.6. The maximum absolute atomic E-state index is 12.0. The van der Waals surface area contributed by atoms with Crippen molar-refractivity contribution in [3.63, 3.8) is 0 Å². The first-order valence-corrected chi connectivity index (χ1v) is 7.97. The van der Waals surface area contributed by atoms with Crippen molar-refractivity contribution in [1.82, 2.24) is 15.3 Å². The van der Waals surface area contributed by atoms with Gasteiger partial charge in [-0.15, -0.1) is 0 Å². The van der Waals surface area contributed by atoms with Crippen molar-refractivity contribution in [2.45, 2.75) is 31.7 Å². The Morgan fingerprint density at radius 2 is 2.04 bits per heavy atom. The summed E-state index contributed by atoms with van der Waals surface area (Å²) in [5, 5.41) is 5.63. The van der Waals surface area contributed by atoms with E-state index >= 15 is 0 Å². The van der Waals surface area contributed by atoms with Gasteiger partial charge < -0.3 is 15.1 Å². The van der Waals surface area contributed by atoms with Crippen LogP contribution in [0.4, 0.5) is 10.5 Å². The predicted molar refractivity (Wildman–Crippen MR) is 90.7 cm³/mol. The molecule has 0 saturated heterocycles. The molecule has 24 heavy (non-hydrogen) atoms. The molecule has 2 N–H and O–H groups in total. The fourth-order valence-electron chi connectivity index (χ4n) is 2.52. The van der Waals surface area contributed by atoms with Crippen LogP contribution in [0.2, 0.25) is 0 Å². The van der Waals surface area contributed by atoms with Gasteiger partial charge in [-0.2, -0.15) is 0 Å². The molecule has 1 aliphatic rings. The summed E-state index contributed by atoms with van der Waals surface area (Å²) in [4.78, 5) is 20.5. The van der Waals surface area contributed by atoms with Gasteiger partial charge in [0.15, 0.2) is 5.58 Å². The summed E-state index contributed by atoms with van der Waals surface area (Å²) in [5.74, 6) is 0.789. The number of benzene rings is 1. The van der Waals surface area contributed by atoms with E-state index in [4.69, 9.17) is 4.42 Å². The summed E-state index contributed by atoms with van der Waals surface area (Å²) in [7, 11) is 0. The molecule has 0 radical (unpaired) electrons. The van der Waals surface area contributed by atoms with Gasteiger partial charge in [0.05, 0.1) is 0 Å². The van der Waals surface area contributed by atoms with Crippen LogP contribution in [0.1, 0.15) is 31.2 Å². The zero-order valence-electron chi connectivity index (χ0n) is 13.4. The van der Waals surface area contributed by atoms with Crippen LogP contribution in [-0.2, 0) is 12.0 Å². The van der Waals surface area contributed by atoms with Gasteiger partial charge in [0, 0.05) is 36.1 Å². The third-order valence-corrected chi connectivity index (χ3v) is 4.37. The Labute approximate surface area is 139 Å². The number of aromatic nitrogens is 2. The quantitative estimate of drug-likeness (QED) is 0.769. The molecule has 2 heterocycles. The molecule has 0 aliphatic heterocycles. The van der Waals surface area contributed by atoms with Gasteiger partial charge >= 0.3 is 6.03 Å². The standard InChI is InChI=1S/C18H18N4O2/c1-18(6-7-18)16-22-14-3-2-13(10-15(14)24-16)21-17(23)20-11-12-4-8-19-9-5-12/h2-5,8-10H,6-7,11H2,1H3,(H2,20,21,23). The second-order valence-corrected chi connectivity index (χ2v) is 6.43. The summed E-state index contributed by atoms with van der Waals surface area (Å²) in [5.41, 5.74) is 3.28. The van der Waals surface area contributed by atoms with Crippen LogP contribution in [0.25, 0.3) is 11.1 Å². The molecular formula is C18H18N4O2. The molecule has 1 aliphatic carbocycles. The Balaban J connectivity index is 1.43. The minimum Gasteiger partial charge on any atom is -0.440 e. The number of pyridine rings is 1. The number of oxazole rings is 1. The van der Waals surface area contributed by atoms with Crippen molar-refractivity contribution >= 4 is 22.8 Å². The van der Waals surface area contributed by atoms with Gasteiger partial charge in [0.2, 0.25) is 5.89 Å². The van der Waals surface area contributed by atoms with Crippen LogP contribution in [0.3, 0.4) is 0 Å². The lowest BCUT2D eigenvalue weighted by atomic mass is 10.1. The van der Waals surface area contributed by atoms with E-state index in [0.717, 1.165) is 29.8 Å². The average molecular weight is 322 g/mol. The van der Waals surface area contributed by atoms with Crippen molar-refractivity contribution in [3.8, 4) is 0 Å². The lowest BCUT2D eigenvalue weighted by Gasteiger charge is -2.07. The molecule has 4 rings (SSSR count). The second kappa shape index (κ2) is 5.63. The molecule has 1 fully saturated rings. The molecule has 2 amide bonds. The van der Waals surface area contributed by atoms with Crippen LogP contribution >= 0.6 is 0 Å². The fraction of sp³-hybridized carbons (Fsp3) is 0.278. The number of anilines is 1. The molecule has 1 saturated carbocycles. The van der Waals surface area contributed by atoms with Gasteiger partial charge in [0.1, 0.15) is 5.52 Å². The molecular weight excluding hydrogens is 304 g/mol. The zero-order valence-corrected chi connectivity index (χ0v) is 13.4. The van der Waals surface area contributed by atoms with Gasteiger partial charge in [-0.3, -0.25) is 4.98 Å². The second-order valence-electron chi connectivity index (χ2n) is 6.43. The summed E-state index contributed by atoms with van der Waals surface area (Å²) in [6.07, 6.45) is 5.63. The fourth-order valence-corrected chi connectivity index (χ4v) is 2.52. The molecule has 0 unspecified atom stereocenters. The van der Waals surface area contributed by atoms with Gasteiger partial charge in [-0.1, -0.05) is 6.92 Å². The minimum atomic E-state index is -0.264. The van der Waals surface area contributed by atoms with Crippen molar-refractivity contribution in [1.29, 1.82) is 0 Å². The molecule has 122 valence electrons. The lowest BCUT2D eigenvalue weighted by Crippen LogP contribution is -2.28. The largest absolute Gasteiger partial charge is 0.440 e. The Bertz CT molecular complexity index is 884. The van der Waals surface area contributed by atoms with Crippen LogP contribution in [0, 0.1) is 0 Å². The molecule has 1 aromatic carbocycles. The van der Waals surface area contributed by atoms with Crippen LogP contribution in [-0.4, -0.2) is 16.0 Å². The monoisotopic (exact) mass is 322 g/mol. The van der Waals surface area contributed by atoms with E-state index in [9.17, 15) is 4.79 Å². The highest BCUT2D eigenvalue weighted by Gasteiger charge is 2.43. The molecule has 0 atom stereocenters. The number of hydrogen-bond acceptors (Lipinski definition) is 4. The van der Waals surface area contributed by atoms with Crippen LogP contribution in [0.15, 0.2) is 47.1 Å². The van der Waals surface area contributed by atoms with E-state index in [1.807, 2.05) is 30.3 Å². The normalized spacial score (nSPS) is 15.2. The molecule has 2 aromatic heterocycles. The molecule has 6 heteroatoms. The van der Waals surface area contributed by atoms with Crippen molar-refractivity contribution in [2.75, 3.05) is 5.32 Å². The number of amides is 2. The van der Waals surface area contributed by atoms with Gasteiger partial charge in [0.25, 0.3) is 0 Å². The maximum Gasteiger partial charge on any atom is 0.319 e. The van der Waals surface area contributed by atoms with Crippen molar-refractivity contribution in [3.05, 3.63) is 54.2 Å². The van der Waals surface area contributed by atoms with E-state index in [2.05, 4.69) is 27.5 Å². The first-order valence-electron chi connectivity index (χ1n) is 7.97. The summed E-state index contributed by atoms with van der Waals surface area (Å²) >= 11 is 0. The Hall–Kier alpha value is -2.89. The molecule has 0 spiro atoms. The molecule has 6 nitrogen and oxygen atoms in total. The van der Waals surface area contributed by atoms with Crippen LogP contribution < -0.4 is 10.6 Å². The average Bonchev–Trinajstić information content (AvgIpc) is 3.19. The first kappa shape index (κ1) is 14.7. The number of nitrogens with zero attached hydrogens (tertiary/aromatic N) is 2. The topological polar surface area (TPSA) is 80.0 Å². The number of hydrogen-bond donors (Lipinski definition) is 2. The number of urea groups is 1. The minimum absolute atomic E-state index is 0.0918. The highest BCUT2D eigenvalue weighted by molar-refractivity contribution is 5.91. The Kier molecular flexibility index (Phi) is 3.45. The predicted octanol–water partition coefficient (Wildman–Crippen LogP) is 3.60. The highest BCUT2D eigenvalue weighted by atomic mass is 16.3. The number of nitrogens with one attached hydrogen (secondary N) is 2. The zero-order chi connectivity index (χ0) is 16.6. The summed E-state index contributed by atoms with van der Waals surface area (Å²) in [6, 6.07) is 8.97. The van der Waals surface area contributed by atoms with Crippen molar-refractivity contribution in [2.24, 2.45) is 0 Å². The Morgan fingerprint density at radius 3 is 2.79 bits per heavy atom. The highest BCUT2D eigenvalue weighted by Crippen LogP contribution is 2.47. The SMILES string of the molecule is CC1(c2nc3ccc(NC(=O)NCc4ccncc4)cc3o2)CC1. The molecule has 0 bridgehead atoms. The lowest BCUT2D eigenvalue weighted by molar-refractivity contribution is 0.251. The van der Waals surface area contributed by atoms with E-state index in [1.165, 1.54) is 0 Å². The third kappa shape index (κ3) is 2.95. The van der Waals surface area contributed by atoms with E-state index in [0.29, 0.717) is 17.8 Å². The Morgan fingerprint density at radius 1 is 1.25 bits per heavy atom. The number of rotatable bonds is 4. The van der Waals surface area contributed by atoms with E-state index in [-0.39, 0.29) is 11.4 Å². The van der Waals surface area contributed by atoms with Gasteiger partial charge in [-0.05, 0) is 42.7 Å². The van der Waals surface area contributed by atoms with Gasteiger partial charge in [-0.25, -0.2) is 9.78 Å². The summed E-state index contributed by atoms with van der Waals surface area (Å²) < 4.78 is 5.86. The van der Waals surface area contributed by atoms with E-state index < -0.39 is 0 Å². The smallest absolute Gasteiger partial charge is 0.319 e. The number of fused-ring (bicyclic) bond motifs is 1.